The molecule has 5 nitrogen and oxygen atoms in total. The summed E-state index contributed by atoms with van der Waals surface area (Å²) in [4.78, 5) is 18.2. The zero-order valence-corrected chi connectivity index (χ0v) is 14.1. The highest BCUT2D eigenvalue weighted by molar-refractivity contribution is 5.85. The first kappa shape index (κ1) is 19.7. The summed E-state index contributed by atoms with van der Waals surface area (Å²) in [6, 6.07) is 7.99. The standard InChI is InChI=1S/C14H20N4O.2ClH/c1-15-9-8-14(19)17(2)10-13-16-11-6-4-5-7-12(11)18(13)3;;/h4-7,15H,8-10H2,1-3H3;2*1H. The number of para-hydroxylation sites is 2. The molecule has 0 radical (unpaired) electrons. The molecule has 1 amide bonds. The van der Waals surface area contributed by atoms with Gasteiger partial charge in [0.05, 0.1) is 17.6 Å². The van der Waals surface area contributed by atoms with Gasteiger partial charge >= 0.3 is 0 Å². The predicted octanol–water partition coefficient (Wildman–Crippen LogP) is 1.98. The van der Waals surface area contributed by atoms with E-state index in [4.69, 9.17) is 0 Å². The Labute approximate surface area is 137 Å². The maximum atomic E-state index is 11.9. The summed E-state index contributed by atoms with van der Waals surface area (Å²) >= 11 is 0. The van der Waals surface area contributed by atoms with Crippen LogP contribution in [0.3, 0.4) is 0 Å². The summed E-state index contributed by atoms with van der Waals surface area (Å²) < 4.78 is 2.04. The second kappa shape index (κ2) is 8.87. The number of benzene rings is 1. The number of amides is 1. The molecular weight excluding hydrogens is 311 g/mol. The quantitative estimate of drug-likeness (QED) is 0.910. The summed E-state index contributed by atoms with van der Waals surface area (Å²) in [5, 5.41) is 2.98. The van der Waals surface area contributed by atoms with Crippen molar-refractivity contribution in [1.82, 2.24) is 19.8 Å². The number of imidazole rings is 1. The third kappa shape index (κ3) is 4.59. The Morgan fingerprint density at radius 2 is 2.00 bits per heavy atom. The molecule has 0 aliphatic heterocycles. The van der Waals surface area contributed by atoms with Gasteiger partial charge in [-0.25, -0.2) is 4.98 Å². The largest absolute Gasteiger partial charge is 0.338 e. The normalized spacial score (nSPS) is 9.86. The van der Waals surface area contributed by atoms with E-state index in [9.17, 15) is 4.79 Å². The van der Waals surface area contributed by atoms with Gasteiger partial charge in [0, 0.05) is 27.1 Å². The Kier molecular flexibility index (Phi) is 8.32. The van der Waals surface area contributed by atoms with Gasteiger partial charge in [-0.3, -0.25) is 4.79 Å². The maximum Gasteiger partial charge on any atom is 0.223 e. The van der Waals surface area contributed by atoms with Gasteiger partial charge in [0.15, 0.2) is 0 Å². The van der Waals surface area contributed by atoms with E-state index in [1.54, 1.807) is 4.90 Å². The Balaban J connectivity index is 0.00000200. The first-order valence-electron chi connectivity index (χ1n) is 6.42. The lowest BCUT2D eigenvalue weighted by Crippen LogP contribution is -2.29. The van der Waals surface area contributed by atoms with E-state index in [0.717, 1.165) is 16.9 Å². The van der Waals surface area contributed by atoms with Gasteiger partial charge in [-0.15, -0.1) is 24.8 Å². The minimum atomic E-state index is 0. The van der Waals surface area contributed by atoms with Crippen LogP contribution in [-0.2, 0) is 18.4 Å². The fraction of sp³-hybridized carbons (Fsp3) is 0.429. The maximum absolute atomic E-state index is 11.9. The number of aromatic nitrogens is 2. The second-order valence-electron chi connectivity index (χ2n) is 4.68. The number of rotatable bonds is 5. The minimum Gasteiger partial charge on any atom is -0.338 e. The monoisotopic (exact) mass is 332 g/mol. The summed E-state index contributed by atoms with van der Waals surface area (Å²) in [5.74, 6) is 1.03. The molecule has 2 aromatic rings. The van der Waals surface area contributed by atoms with Crippen molar-refractivity contribution in [1.29, 1.82) is 0 Å². The summed E-state index contributed by atoms with van der Waals surface area (Å²) in [5.41, 5.74) is 2.06. The molecule has 0 aliphatic carbocycles. The van der Waals surface area contributed by atoms with Crippen molar-refractivity contribution in [3.8, 4) is 0 Å². The third-order valence-corrected chi connectivity index (χ3v) is 3.27. The van der Waals surface area contributed by atoms with E-state index in [2.05, 4.69) is 10.3 Å². The molecule has 1 aromatic carbocycles. The van der Waals surface area contributed by atoms with Gasteiger partial charge in [0.1, 0.15) is 5.82 Å². The van der Waals surface area contributed by atoms with E-state index in [1.807, 2.05) is 50.0 Å². The average Bonchev–Trinajstić information content (AvgIpc) is 2.73. The number of nitrogens with one attached hydrogen (secondary N) is 1. The number of nitrogens with zero attached hydrogens (tertiary/aromatic N) is 3. The van der Waals surface area contributed by atoms with Crippen LogP contribution in [0.1, 0.15) is 12.2 Å². The van der Waals surface area contributed by atoms with Crippen LogP contribution in [-0.4, -0.2) is 41.0 Å². The third-order valence-electron chi connectivity index (χ3n) is 3.27. The molecule has 0 bridgehead atoms. The highest BCUT2D eigenvalue weighted by atomic mass is 35.5. The van der Waals surface area contributed by atoms with Crippen LogP contribution in [0.2, 0.25) is 0 Å². The number of fused-ring (bicyclic) bond motifs is 1. The topological polar surface area (TPSA) is 50.2 Å². The summed E-state index contributed by atoms with van der Waals surface area (Å²) in [7, 11) is 5.65. The van der Waals surface area contributed by atoms with Crippen molar-refractivity contribution in [2.45, 2.75) is 13.0 Å². The number of halogens is 2. The van der Waals surface area contributed by atoms with E-state index < -0.39 is 0 Å². The molecule has 0 atom stereocenters. The fourth-order valence-electron chi connectivity index (χ4n) is 2.06. The molecule has 118 valence electrons. The van der Waals surface area contributed by atoms with E-state index in [0.29, 0.717) is 19.5 Å². The first-order chi connectivity index (χ1) is 9.13. The summed E-state index contributed by atoms with van der Waals surface area (Å²) in [6.45, 7) is 1.24. The molecule has 0 spiro atoms. The number of carbonyl (C=O) groups is 1. The minimum absolute atomic E-state index is 0. The Hall–Kier alpha value is -1.30. The smallest absolute Gasteiger partial charge is 0.223 e. The Bertz CT molecular complexity index is 585. The van der Waals surface area contributed by atoms with Crippen LogP contribution in [0.25, 0.3) is 11.0 Å². The number of carbonyl (C=O) groups excluding carboxylic acids is 1. The molecule has 1 N–H and O–H groups in total. The molecule has 0 unspecified atom stereocenters. The zero-order chi connectivity index (χ0) is 13.8. The average molecular weight is 333 g/mol. The van der Waals surface area contributed by atoms with Crippen molar-refractivity contribution in [2.75, 3.05) is 20.6 Å². The van der Waals surface area contributed by atoms with Gasteiger partial charge in [-0.05, 0) is 19.2 Å². The van der Waals surface area contributed by atoms with Crippen LogP contribution in [0.5, 0.6) is 0 Å². The van der Waals surface area contributed by atoms with Crippen molar-refractivity contribution in [2.24, 2.45) is 7.05 Å². The van der Waals surface area contributed by atoms with E-state index in [1.165, 1.54) is 0 Å². The molecule has 1 heterocycles. The van der Waals surface area contributed by atoms with Crippen LogP contribution in [0.4, 0.5) is 0 Å². The molecule has 1 aromatic heterocycles. The van der Waals surface area contributed by atoms with Gasteiger partial charge in [-0.1, -0.05) is 12.1 Å². The molecular formula is C14H22Cl2N4O. The number of hydrogen-bond donors (Lipinski definition) is 1. The van der Waals surface area contributed by atoms with E-state index in [-0.39, 0.29) is 30.7 Å². The van der Waals surface area contributed by atoms with Crippen LogP contribution in [0.15, 0.2) is 24.3 Å². The predicted molar refractivity (Wildman–Crippen MR) is 90.2 cm³/mol. The fourth-order valence-corrected chi connectivity index (χ4v) is 2.06. The Morgan fingerprint density at radius 3 is 2.62 bits per heavy atom. The Morgan fingerprint density at radius 1 is 1.33 bits per heavy atom. The van der Waals surface area contributed by atoms with Crippen LogP contribution in [0, 0.1) is 0 Å². The van der Waals surface area contributed by atoms with Gasteiger partial charge < -0.3 is 14.8 Å². The lowest BCUT2D eigenvalue weighted by molar-refractivity contribution is -0.130. The molecule has 2 rings (SSSR count). The van der Waals surface area contributed by atoms with Crippen molar-refractivity contribution in [3.63, 3.8) is 0 Å². The number of hydrogen-bond acceptors (Lipinski definition) is 3. The molecule has 0 aliphatic rings. The lowest BCUT2D eigenvalue weighted by Gasteiger charge is -2.16. The highest BCUT2D eigenvalue weighted by Gasteiger charge is 2.13. The summed E-state index contributed by atoms with van der Waals surface area (Å²) in [6.07, 6.45) is 0.511. The van der Waals surface area contributed by atoms with E-state index >= 15 is 0 Å². The molecule has 0 fully saturated rings. The van der Waals surface area contributed by atoms with Crippen molar-refractivity contribution < 1.29 is 4.79 Å². The molecule has 0 saturated heterocycles. The second-order valence-corrected chi connectivity index (χ2v) is 4.68. The van der Waals surface area contributed by atoms with Crippen LogP contribution >= 0.6 is 24.8 Å². The first-order valence-corrected chi connectivity index (χ1v) is 6.42. The van der Waals surface area contributed by atoms with Crippen LogP contribution < -0.4 is 5.32 Å². The highest BCUT2D eigenvalue weighted by Crippen LogP contribution is 2.15. The van der Waals surface area contributed by atoms with Gasteiger partial charge in [-0.2, -0.15) is 0 Å². The van der Waals surface area contributed by atoms with Gasteiger partial charge in [0.25, 0.3) is 0 Å². The van der Waals surface area contributed by atoms with Gasteiger partial charge in [0.2, 0.25) is 5.91 Å². The number of aryl methyl sites for hydroxylation is 1. The molecule has 21 heavy (non-hydrogen) atoms. The lowest BCUT2D eigenvalue weighted by atomic mass is 10.3. The van der Waals surface area contributed by atoms with Crippen molar-refractivity contribution in [3.05, 3.63) is 30.1 Å². The molecule has 7 heteroatoms. The zero-order valence-electron chi connectivity index (χ0n) is 12.5. The van der Waals surface area contributed by atoms with Crippen molar-refractivity contribution >= 4 is 41.8 Å². The molecule has 0 saturated carbocycles. The SMILES string of the molecule is CNCCC(=O)N(C)Cc1nc2ccccc2n1C.Cl.Cl.